The first-order chi connectivity index (χ1) is 19.8. The van der Waals surface area contributed by atoms with E-state index in [1.54, 1.807) is 32.4 Å². The summed E-state index contributed by atoms with van der Waals surface area (Å²) >= 11 is 0. The van der Waals surface area contributed by atoms with Gasteiger partial charge in [-0.3, -0.25) is 14.8 Å². The lowest BCUT2D eigenvalue weighted by atomic mass is 9.95. The molecule has 0 amide bonds. The molecule has 0 aliphatic carbocycles. The van der Waals surface area contributed by atoms with Crippen LogP contribution >= 0.6 is 0 Å². The van der Waals surface area contributed by atoms with Crippen molar-refractivity contribution < 1.29 is 19.3 Å². The number of aromatic amines is 1. The molecule has 2 aromatic carbocycles. The molecule has 41 heavy (non-hydrogen) atoms. The van der Waals surface area contributed by atoms with Crippen LogP contribution in [-0.2, 0) is 17.6 Å². The van der Waals surface area contributed by atoms with E-state index in [9.17, 15) is 9.90 Å². The summed E-state index contributed by atoms with van der Waals surface area (Å²) in [7, 11) is 4.60. The Labute approximate surface area is 242 Å². The molecule has 3 aromatic rings. The van der Waals surface area contributed by atoms with Gasteiger partial charge in [-0.15, -0.1) is 0 Å². The topological polar surface area (TPSA) is 106 Å². The molecule has 218 valence electrons. The first-order valence-corrected chi connectivity index (χ1v) is 13.9. The van der Waals surface area contributed by atoms with Crippen LogP contribution in [0.25, 0.3) is 11.1 Å². The number of aliphatic imine (C=N–C) groups is 2. The van der Waals surface area contributed by atoms with Crippen molar-refractivity contribution in [1.29, 1.82) is 0 Å². The van der Waals surface area contributed by atoms with Crippen LogP contribution in [0.1, 0.15) is 63.3 Å². The Hall–Kier alpha value is -4.33. The number of rotatable bonds is 13. The smallest absolute Gasteiger partial charge is 0.264 e. The van der Waals surface area contributed by atoms with Crippen molar-refractivity contribution in [2.24, 2.45) is 9.98 Å². The molecule has 8 nitrogen and oxygen atoms in total. The Balaban J connectivity index is 1.96. The number of nitrogens with one attached hydrogen (secondary N) is 1. The van der Waals surface area contributed by atoms with Crippen LogP contribution in [-0.4, -0.2) is 43.0 Å². The summed E-state index contributed by atoms with van der Waals surface area (Å²) in [6.45, 7) is 10.2. The fourth-order valence-electron chi connectivity index (χ4n) is 4.64. The number of para-hydroxylation sites is 1. The predicted molar refractivity (Wildman–Crippen MR) is 166 cm³/mol. The first kappa shape index (κ1) is 31.2. The fourth-order valence-corrected chi connectivity index (χ4v) is 4.64. The molecule has 3 rings (SSSR count). The number of methoxy groups -OCH3 is 2. The third-order valence-corrected chi connectivity index (χ3v) is 6.83. The van der Waals surface area contributed by atoms with Crippen molar-refractivity contribution in [2.75, 3.05) is 21.3 Å². The van der Waals surface area contributed by atoms with E-state index in [1.165, 1.54) is 12.6 Å². The molecule has 0 radical (unpaired) electrons. The molecule has 0 fully saturated rings. The van der Waals surface area contributed by atoms with Crippen LogP contribution < -0.4 is 15.0 Å². The van der Waals surface area contributed by atoms with Gasteiger partial charge in [0.2, 0.25) is 5.90 Å². The SMILES string of the molecule is C=C(CCC(C)=Nc1ccccc1CC)OC(=NC)c1c(O)c(-c2c(OC)cccc2OC)c(CCCC)[nH]c1=O. The maximum atomic E-state index is 13.3. The molecule has 0 unspecified atom stereocenters. The highest BCUT2D eigenvalue weighted by atomic mass is 16.5. The van der Waals surface area contributed by atoms with Crippen molar-refractivity contribution in [2.45, 2.75) is 59.3 Å². The van der Waals surface area contributed by atoms with Gasteiger partial charge in [0, 0.05) is 24.9 Å². The molecule has 1 heterocycles. The Morgan fingerprint density at radius 1 is 1.00 bits per heavy atom. The number of aromatic hydroxyl groups is 1. The average molecular weight is 560 g/mol. The second-order valence-electron chi connectivity index (χ2n) is 9.67. The molecule has 0 aliphatic heterocycles. The van der Waals surface area contributed by atoms with Crippen LogP contribution in [0.15, 0.2) is 69.6 Å². The van der Waals surface area contributed by atoms with Crippen LogP contribution in [0, 0.1) is 0 Å². The van der Waals surface area contributed by atoms with Gasteiger partial charge in [-0.2, -0.15) is 0 Å². The minimum absolute atomic E-state index is 0.0307. The Kier molecular flexibility index (Phi) is 11.3. The number of aryl methyl sites for hydroxylation is 2. The highest BCUT2D eigenvalue weighted by Crippen LogP contribution is 2.45. The van der Waals surface area contributed by atoms with E-state index in [2.05, 4.69) is 36.5 Å². The van der Waals surface area contributed by atoms with Gasteiger partial charge >= 0.3 is 0 Å². The molecule has 2 N–H and O–H groups in total. The molecule has 0 saturated carbocycles. The summed E-state index contributed by atoms with van der Waals surface area (Å²) in [5.41, 5.74) is 4.00. The zero-order chi connectivity index (χ0) is 29.9. The first-order valence-electron chi connectivity index (χ1n) is 13.9. The van der Waals surface area contributed by atoms with E-state index < -0.39 is 5.56 Å². The van der Waals surface area contributed by atoms with Crippen molar-refractivity contribution in [1.82, 2.24) is 4.98 Å². The number of allylic oxidation sites excluding steroid dienone is 1. The number of aromatic nitrogens is 1. The van der Waals surface area contributed by atoms with Crippen molar-refractivity contribution >= 4 is 17.3 Å². The van der Waals surface area contributed by atoms with Gasteiger partial charge in [0.15, 0.2) is 0 Å². The number of H-pyrrole nitrogens is 1. The summed E-state index contributed by atoms with van der Waals surface area (Å²) in [5.74, 6) is 1.10. The molecule has 0 atom stereocenters. The zero-order valence-corrected chi connectivity index (χ0v) is 25.0. The van der Waals surface area contributed by atoms with Crippen LogP contribution in [0.2, 0.25) is 0 Å². The predicted octanol–water partition coefficient (Wildman–Crippen LogP) is 7.15. The largest absolute Gasteiger partial charge is 0.506 e. The molecule has 0 saturated heterocycles. The number of unbranched alkanes of at least 4 members (excludes halogenated alkanes) is 1. The second-order valence-corrected chi connectivity index (χ2v) is 9.67. The second kappa shape index (κ2) is 14.9. The van der Waals surface area contributed by atoms with Crippen LogP contribution in [0.5, 0.6) is 17.2 Å². The molecule has 8 heteroatoms. The average Bonchev–Trinajstić information content (AvgIpc) is 2.98. The third kappa shape index (κ3) is 7.45. The minimum atomic E-state index is -0.506. The molecule has 0 bridgehead atoms. The molecule has 1 aromatic heterocycles. The molecular weight excluding hydrogens is 518 g/mol. The van der Waals surface area contributed by atoms with Gasteiger partial charge in [0.1, 0.15) is 22.8 Å². The fraction of sp³-hybridized carbons (Fsp3) is 0.364. The van der Waals surface area contributed by atoms with Gasteiger partial charge in [-0.25, -0.2) is 0 Å². The number of hydrogen-bond acceptors (Lipinski definition) is 7. The van der Waals surface area contributed by atoms with E-state index in [4.69, 9.17) is 19.2 Å². The van der Waals surface area contributed by atoms with E-state index in [0.29, 0.717) is 53.3 Å². The third-order valence-electron chi connectivity index (χ3n) is 6.83. The number of pyridine rings is 1. The van der Waals surface area contributed by atoms with Gasteiger partial charge in [0.05, 0.1) is 36.8 Å². The Morgan fingerprint density at radius 2 is 1.68 bits per heavy atom. The van der Waals surface area contributed by atoms with E-state index in [-0.39, 0.29) is 17.2 Å². The van der Waals surface area contributed by atoms with Gasteiger partial charge in [-0.05, 0) is 56.4 Å². The number of hydrogen-bond donors (Lipinski definition) is 2. The lowest BCUT2D eigenvalue weighted by Crippen LogP contribution is -2.23. The van der Waals surface area contributed by atoms with Crippen molar-refractivity contribution in [3.63, 3.8) is 0 Å². The number of nitrogens with zero attached hydrogens (tertiary/aromatic N) is 2. The van der Waals surface area contributed by atoms with Crippen molar-refractivity contribution in [3.8, 4) is 28.4 Å². The zero-order valence-electron chi connectivity index (χ0n) is 25.0. The lowest BCUT2D eigenvalue weighted by Gasteiger charge is -2.20. The standard InChI is InChI=1S/C33H41N3O5/c1-8-10-15-25-28(29-26(39-6)17-13-18-27(29)40-7)31(37)30(32(38)36-25)33(34-5)41-22(4)20-19-21(3)35-24-16-12-11-14-23(24)9-2/h11-14,16-18H,4,8-10,15,19-20H2,1-3,5-7H3,(H2,36,37,38). The minimum Gasteiger partial charge on any atom is -0.506 e. The van der Waals surface area contributed by atoms with E-state index >= 15 is 0 Å². The van der Waals surface area contributed by atoms with Gasteiger partial charge < -0.3 is 24.3 Å². The van der Waals surface area contributed by atoms with Crippen LogP contribution in [0.4, 0.5) is 5.69 Å². The maximum absolute atomic E-state index is 13.3. The van der Waals surface area contributed by atoms with Gasteiger partial charge in [-0.1, -0.05) is 51.1 Å². The number of ether oxygens (including phenoxy) is 3. The van der Waals surface area contributed by atoms with E-state index in [1.807, 2.05) is 25.1 Å². The summed E-state index contributed by atoms with van der Waals surface area (Å²) in [4.78, 5) is 25.3. The van der Waals surface area contributed by atoms with Crippen molar-refractivity contribution in [3.05, 3.63) is 82.0 Å². The Bertz CT molecular complexity index is 1460. The number of benzene rings is 2. The molecule has 0 aliphatic rings. The quantitative estimate of drug-likeness (QED) is 0.131. The normalized spacial score (nSPS) is 11.9. The Morgan fingerprint density at radius 3 is 2.29 bits per heavy atom. The van der Waals surface area contributed by atoms with Gasteiger partial charge in [0.25, 0.3) is 5.56 Å². The summed E-state index contributed by atoms with van der Waals surface area (Å²) in [6, 6.07) is 13.4. The molecule has 0 spiro atoms. The lowest BCUT2D eigenvalue weighted by molar-refractivity contribution is 0.391. The van der Waals surface area contributed by atoms with Crippen LogP contribution in [0.3, 0.4) is 0 Å². The monoisotopic (exact) mass is 559 g/mol. The maximum Gasteiger partial charge on any atom is 0.264 e. The van der Waals surface area contributed by atoms with E-state index in [0.717, 1.165) is 30.7 Å². The summed E-state index contributed by atoms with van der Waals surface area (Å²) in [6.07, 6.45) is 4.23. The highest BCUT2D eigenvalue weighted by molar-refractivity contribution is 6.00. The highest BCUT2D eigenvalue weighted by Gasteiger charge is 2.27. The summed E-state index contributed by atoms with van der Waals surface area (Å²) < 4.78 is 17.2. The molecular formula is C33H41N3O5. The summed E-state index contributed by atoms with van der Waals surface area (Å²) in [5, 5.41) is 11.6.